The quantitative estimate of drug-likeness (QED) is 0.865. The first kappa shape index (κ1) is 13.2. The highest BCUT2D eigenvalue weighted by molar-refractivity contribution is 5.84. The molecule has 1 aromatic carbocycles. The number of hydrogen-bond donors (Lipinski definition) is 2. The van der Waals surface area contributed by atoms with E-state index in [2.05, 4.69) is 5.32 Å². The molecule has 1 amide bonds. The van der Waals surface area contributed by atoms with Crippen LogP contribution in [0.5, 0.6) is 0 Å². The minimum Gasteiger partial charge on any atom is -0.481 e. The molecule has 0 bridgehead atoms. The van der Waals surface area contributed by atoms with E-state index in [1.165, 1.54) is 0 Å². The molecule has 3 rings (SSSR count). The normalized spacial score (nSPS) is 24.8. The number of carboxylic acids is 1. The lowest BCUT2D eigenvalue weighted by molar-refractivity contribution is -0.142. The Morgan fingerprint density at radius 1 is 1.30 bits per heavy atom. The van der Waals surface area contributed by atoms with Gasteiger partial charge >= 0.3 is 5.97 Å². The van der Waals surface area contributed by atoms with Crippen LogP contribution in [-0.2, 0) is 9.59 Å². The van der Waals surface area contributed by atoms with Crippen LogP contribution in [-0.4, -0.2) is 17.0 Å². The molecule has 0 radical (unpaired) electrons. The molecule has 106 valence electrons. The van der Waals surface area contributed by atoms with Crippen LogP contribution >= 0.6 is 0 Å². The largest absolute Gasteiger partial charge is 0.481 e. The zero-order chi connectivity index (χ0) is 14.3. The Morgan fingerprint density at radius 2 is 1.95 bits per heavy atom. The highest BCUT2D eigenvalue weighted by Crippen LogP contribution is 2.70. The van der Waals surface area contributed by atoms with Crippen LogP contribution in [0.4, 0.5) is 0 Å². The molecule has 0 aromatic heterocycles. The maximum atomic E-state index is 12.3. The van der Waals surface area contributed by atoms with E-state index in [0.717, 1.165) is 24.8 Å². The van der Waals surface area contributed by atoms with Crippen LogP contribution in [0, 0.1) is 17.3 Å². The predicted molar refractivity (Wildman–Crippen MR) is 73.9 cm³/mol. The number of hydrogen-bond acceptors (Lipinski definition) is 2. The van der Waals surface area contributed by atoms with Crippen molar-refractivity contribution in [2.75, 3.05) is 0 Å². The SMILES string of the molecule is CC(C(=O)O)C(NC(=O)C1CC12CC2)c1ccccc1. The van der Waals surface area contributed by atoms with Crippen molar-refractivity contribution in [3.8, 4) is 0 Å². The smallest absolute Gasteiger partial charge is 0.308 e. The number of aliphatic carboxylic acids is 1. The van der Waals surface area contributed by atoms with Gasteiger partial charge < -0.3 is 10.4 Å². The van der Waals surface area contributed by atoms with Gasteiger partial charge in [-0.25, -0.2) is 0 Å². The first-order chi connectivity index (χ1) is 9.53. The Labute approximate surface area is 118 Å². The Hall–Kier alpha value is -1.84. The zero-order valence-electron chi connectivity index (χ0n) is 11.5. The Balaban J connectivity index is 1.75. The second-order valence-electron chi connectivity index (χ2n) is 6.14. The lowest BCUT2D eigenvalue weighted by atomic mass is 9.94. The average Bonchev–Trinajstić information content (AvgIpc) is 3.36. The van der Waals surface area contributed by atoms with Crippen LogP contribution in [0.1, 0.15) is 37.8 Å². The molecule has 20 heavy (non-hydrogen) atoms. The monoisotopic (exact) mass is 273 g/mol. The van der Waals surface area contributed by atoms with Crippen LogP contribution < -0.4 is 5.32 Å². The molecule has 3 unspecified atom stereocenters. The fraction of sp³-hybridized carbons (Fsp3) is 0.500. The molecule has 3 atom stereocenters. The van der Waals surface area contributed by atoms with E-state index in [1.54, 1.807) is 6.92 Å². The first-order valence-electron chi connectivity index (χ1n) is 7.12. The summed E-state index contributed by atoms with van der Waals surface area (Å²) >= 11 is 0. The molecule has 2 fully saturated rings. The molecular formula is C16H19NO3. The van der Waals surface area contributed by atoms with Gasteiger partial charge in [-0.1, -0.05) is 30.3 Å². The number of benzene rings is 1. The summed E-state index contributed by atoms with van der Waals surface area (Å²) in [6, 6.07) is 8.88. The average molecular weight is 273 g/mol. The van der Waals surface area contributed by atoms with Gasteiger partial charge in [-0.3, -0.25) is 9.59 Å². The maximum Gasteiger partial charge on any atom is 0.308 e. The highest BCUT2D eigenvalue weighted by Gasteiger charge is 2.65. The maximum absolute atomic E-state index is 12.3. The molecule has 2 saturated carbocycles. The van der Waals surface area contributed by atoms with Crippen LogP contribution in [0.15, 0.2) is 30.3 Å². The van der Waals surface area contributed by atoms with Crippen molar-refractivity contribution in [3.63, 3.8) is 0 Å². The van der Waals surface area contributed by atoms with Crippen molar-refractivity contribution in [1.29, 1.82) is 0 Å². The number of rotatable bonds is 5. The third kappa shape index (κ3) is 2.30. The fourth-order valence-corrected chi connectivity index (χ4v) is 2.99. The second kappa shape index (κ2) is 4.62. The van der Waals surface area contributed by atoms with Gasteiger partial charge in [-0.2, -0.15) is 0 Å². The summed E-state index contributed by atoms with van der Waals surface area (Å²) in [5.41, 5.74) is 1.14. The highest BCUT2D eigenvalue weighted by atomic mass is 16.4. The summed E-state index contributed by atoms with van der Waals surface area (Å²) in [5, 5.41) is 12.2. The Bertz CT molecular complexity index is 536. The Kier molecular flexibility index (Phi) is 3.04. The van der Waals surface area contributed by atoms with E-state index in [4.69, 9.17) is 0 Å². The van der Waals surface area contributed by atoms with Gasteiger partial charge in [0, 0.05) is 5.92 Å². The van der Waals surface area contributed by atoms with Gasteiger partial charge in [0.15, 0.2) is 0 Å². The molecule has 0 aliphatic heterocycles. The first-order valence-corrected chi connectivity index (χ1v) is 7.12. The molecule has 1 aromatic rings. The van der Waals surface area contributed by atoms with Crippen molar-refractivity contribution in [2.45, 2.75) is 32.2 Å². The number of carbonyl (C=O) groups excluding carboxylic acids is 1. The molecule has 1 spiro atoms. The molecule has 0 heterocycles. The van der Waals surface area contributed by atoms with E-state index >= 15 is 0 Å². The Morgan fingerprint density at radius 3 is 2.45 bits per heavy atom. The molecule has 2 aliphatic rings. The predicted octanol–water partition coefficient (Wildman–Crippen LogP) is 2.36. The molecule has 2 N–H and O–H groups in total. The third-order valence-electron chi connectivity index (χ3n) is 4.74. The van der Waals surface area contributed by atoms with Crippen molar-refractivity contribution in [2.24, 2.45) is 17.3 Å². The van der Waals surface area contributed by atoms with Gasteiger partial charge in [0.1, 0.15) is 0 Å². The van der Waals surface area contributed by atoms with E-state index in [9.17, 15) is 14.7 Å². The summed E-state index contributed by atoms with van der Waals surface area (Å²) in [7, 11) is 0. The van der Waals surface area contributed by atoms with Crippen LogP contribution in [0.25, 0.3) is 0 Å². The van der Waals surface area contributed by atoms with Gasteiger partial charge in [-0.15, -0.1) is 0 Å². The molecule has 4 nitrogen and oxygen atoms in total. The van der Waals surface area contributed by atoms with E-state index in [0.29, 0.717) is 0 Å². The van der Waals surface area contributed by atoms with Crippen LogP contribution in [0.3, 0.4) is 0 Å². The van der Waals surface area contributed by atoms with Gasteiger partial charge in [0.2, 0.25) is 5.91 Å². The summed E-state index contributed by atoms with van der Waals surface area (Å²) < 4.78 is 0. The third-order valence-corrected chi connectivity index (χ3v) is 4.74. The fourth-order valence-electron chi connectivity index (χ4n) is 2.99. The summed E-state index contributed by atoms with van der Waals surface area (Å²) in [5.74, 6) is -1.41. The number of nitrogens with one attached hydrogen (secondary N) is 1. The van der Waals surface area contributed by atoms with Gasteiger partial charge in [-0.05, 0) is 37.2 Å². The summed E-state index contributed by atoms with van der Waals surface area (Å²) in [6.07, 6.45) is 3.27. The van der Waals surface area contributed by atoms with Crippen molar-refractivity contribution in [1.82, 2.24) is 5.32 Å². The lowest BCUT2D eigenvalue weighted by Crippen LogP contribution is -2.36. The lowest BCUT2D eigenvalue weighted by Gasteiger charge is -2.23. The standard InChI is InChI=1S/C16H19NO3/c1-10(15(19)20)13(11-5-3-2-4-6-11)17-14(18)12-9-16(12)7-8-16/h2-6,10,12-13H,7-9H2,1H3,(H,17,18)(H,19,20). The second-order valence-corrected chi connectivity index (χ2v) is 6.14. The molecule has 0 saturated heterocycles. The number of carbonyl (C=O) groups is 2. The summed E-state index contributed by atoms with van der Waals surface area (Å²) in [4.78, 5) is 23.5. The number of carboxylic acid groups (broad SMARTS) is 1. The molecule has 4 heteroatoms. The zero-order valence-corrected chi connectivity index (χ0v) is 11.5. The van der Waals surface area contributed by atoms with Crippen molar-refractivity contribution < 1.29 is 14.7 Å². The van der Waals surface area contributed by atoms with Crippen LogP contribution in [0.2, 0.25) is 0 Å². The van der Waals surface area contributed by atoms with E-state index in [-0.39, 0.29) is 17.2 Å². The number of amides is 1. The molecule has 2 aliphatic carbocycles. The summed E-state index contributed by atoms with van der Waals surface area (Å²) in [6.45, 7) is 1.64. The van der Waals surface area contributed by atoms with Gasteiger partial charge in [0.25, 0.3) is 0 Å². The van der Waals surface area contributed by atoms with Crippen molar-refractivity contribution >= 4 is 11.9 Å². The molecular weight excluding hydrogens is 254 g/mol. The van der Waals surface area contributed by atoms with Crippen molar-refractivity contribution in [3.05, 3.63) is 35.9 Å². The minimum atomic E-state index is -0.893. The topological polar surface area (TPSA) is 66.4 Å². The van der Waals surface area contributed by atoms with E-state index < -0.39 is 17.9 Å². The van der Waals surface area contributed by atoms with E-state index in [1.807, 2.05) is 30.3 Å². The van der Waals surface area contributed by atoms with Gasteiger partial charge in [0.05, 0.1) is 12.0 Å². The minimum absolute atomic E-state index is 0.0180.